The lowest BCUT2D eigenvalue weighted by molar-refractivity contribution is 0.356. The van der Waals surface area contributed by atoms with E-state index < -0.39 is 10.0 Å². The molecule has 0 fully saturated rings. The van der Waals surface area contributed by atoms with Crippen LogP contribution in [0.15, 0.2) is 23.1 Å². The van der Waals surface area contributed by atoms with Crippen molar-refractivity contribution in [2.75, 3.05) is 13.2 Å². The van der Waals surface area contributed by atoms with Gasteiger partial charge in [0.2, 0.25) is 10.0 Å². The Bertz CT molecular complexity index is 468. The normalized spacial score (nSPS) is 14.7. The van der Waals surface area contributed by atoms with Crippen molar-refractivity contribution in [1.29, 1.82) is 0 Å². The molecule has 4 nitrogen and oxygen atoms in total. The maximum atomic E-state index is 11.7. The molecule has 1 aromatic carbocycles. The fraction of sp³-hybridized carbons (Fsp3) is 0.400. The number of hydrogen-bond acceptors (Lipinski definition) is 3. The number of fused-ring (bicyclic) bond motifs is 1. The summed E-state index contributed by atoms with van der Waals surface area (Å²) in [6, 6.07) is 4.97. The smallest absolute Gasteiger partial charge is 0.240 e. The first-order valence-electron chi connectivity index (χ1n) is 4.89. The fourth-order valence-electron chi connectivity index (χ4n) is 1.60. The number of rotatable bonds is 3. The Morgan fingerprint density at radius 2 is 2.27 bits per heavy atom. The molecular weight excluding hydrogens is 214 g/mol. The molecular formula is C10H13NO3S. The third kappa shape index (κ3) is 1.98. The first-order chi connectivity index (χ1) is 7.13. The molecule has 82 valence electrons. The van der Waals surface area contributed by atoms with Gasteiger partial charge in [0.25, 0.3) is 0 Å². The number of ether oxygens (including phenoxy) is 1. The molecule has 2 rings (SSSR count). The van der Waals surface area contributed by atoms with Gasteiger partial charge in [0.15, 0.2) is 0 Å². The highest BCUT2D eigenvalue weighted by Gasteiger charge is 2.18. The van der Waals surface area contributed by atoms with E-state index in [4.69, 9.17) is 4.74 Å². The topological polar surface area (TPSA) is 55.4 Å². The first kappa shape index (κ1) is 10.4. The molecule has 0 saturated carbocycles. The Kier molecular flexibility index (Phi) is 2.67. The Morgan fingerprint density at radius 3 is 3.00 bits per heavy atom. The van der Waals surface area contributed by atoms with E-state index >= 15 is 0 Å². The maximum absolute atomic E-state index is 11.7. The molecule has 0 unspecified atom stereocenters. The molecule has 1 aromatic rings. The van der Waals surface area contributed by atoms with Gasteiger partial charge >= 0.3 is 0 Å². The highest BCUT2D eigenvalue weighted by atomic mass is 32.2. The quantitative estimate of drug-likeness (QED) is 0.835. The summed E-state index contributed by atoms with van der Waals surface area (Å²) >= 11 is 0. The summed E-state index contributed by atoms with van der Waals surface area (Å²) in [7, 11) is -3.34. The van der Waals surface area contributed by atoms with E-state index in [9.17, 15) is 8.42 Å². The van der Waals surface area contributed by atoms with Gasteiger partial charge in [-0.2, -0.15) is 0 Å². The minimum Gasteiger partial charge on any atom is -0.493 e. The molecule has 0 amide bonds. The second-order valence-corrected chi connectivity index (χ2v) is 5.14. The molecule has 1 N–H and O–H groups in total. The molecule has 0 radical (unpaired) electrons. The number of benzene rings is 1. The zero-order chi connectivity index (χ0) is 10.9. The van der Waals surface area contributed by atoms with Crippen molar-refractivity contribution >= 4 is 10.0 Å². The molecule has 15 heavy (non-hydrogen) atoms. The average molecular weight is 227 g/mol. The second-order valence-electron chi connectivity index (χ2n) is 3.37. The van der Waals surface area contributed by atoms with Gasteiger partial charge in [-0.15, -0.1) is 0 Å². The molecule has 0 aliphatic carbocycles. The Morgan fingerprint density at radius 1 is 1.47 bits per heavy atom. The maximum Gasteiger partial charge on any atom is 0.240 e. The van der Waals surface area contributed by atoms with Crippen LogP contribution in [-0.2, 0) is 16.4 Å². The lowest BCUT2D eigenvalue weighted by Gasteiger charge is -2.05. The standard InChI is InChI=1S/C10H13NO3S/c1-2-11-15(12,13)9-3-4-10-8(7-9)5-6-14-10/h3-4,7,11H,2,5-6H2,1H3. The van der Waals surface area contributed by atoms with E-state index in [1.165, 1.54) is 0 Å². The van der Waals surface area contributed by atoms with Crippen LogP contribution in [0, 0.1) is 0 Å². The van der Waals surface area contributed by atoms with Gasteiger partial charge in [-0.25, -0.2) is 13.1 Å². The highest BCUT2D eigenvalue weighted by molar-refractivity contribution is 7.89. The molecule has 5 heteroatoms. The van der Waals surface area contributed by atoms with E-state index in [-0.39, 0.29) is 0 Å². The first-order valence-corrected chi connectivity index (χ1v) is 6.37. The molecule has 1 aliphatic heterocycles. The van der Waals surface area contributed by atoms with Gasteiger partial charge in [0.05, 0.1) is 11.5 Å². The molecule has 0 aromatic heterocycles. The third-order valence-corrected chi connectivity index (χ3v) is 3.85. The van der Waals surface area contributed by atoms with E-state index in [1.807, 2.05) is 0 Å². The Balaban J connectivity index is 2.38. The minimum atomic E-state index is -3.34. The van der Waals surface area contributed by atoms with Crippen molar-refractivity contribution in [1.82, 2.24) is 4.72 Å². The summed E-state index contributed by atoms with van der Waals surface area (Å²) < 4.78 is 31.1. The van der Waals surface area contributed by atoms with Gasteiger partial charge in [-0.05, 0) is 23.8 Å². The van der Waals surface area contributed by atoms with Crippen LogP contribution >= 0.6 is 0 Å². The zero-order valence-corrected chi connectivity index (χ0v) is 9.30. The Labute approximate surface area is 89.3 Å². The van der Waals surface area contributed by atoms with Crippen molar-refractivity contribution < 1.29 is 13.2 Å². The molecule has 0 saturated heterocycles. The SMILES string of the molecule is CCNS(=O)(=O)c1ccc2c(c1)CCO2. The highest BCUT2D eigenvalue weighted by Crippen LogP contribution is 2.27. The number of hydrogen-bond donors (Lipinski definition) is 1. The van der Waals surface area contributed by atoms with Crippen molar-refractivity contribution in [2.24, 2.45) is 0 Å². The second kappa shape index (κ2) is 3.83. The minimum absolute atomic E-state index is 0.314. The van der Waals surface area contributed by atoms with Crippen LogP contribution in [0.4, 0.5) is 0 Å². The van der Waals surface area contributed by atoms with Gasteiger partial charge < -0.3 is 4.74 Å². The summed E-state index contributed by atoms with van der Waals surface area (Å²) in [5, 5.41) is 0. The van der Waals surface area contributed by atoms with E-state index in [2.05, 4.69) is 4.72 Å². The molecule has 0 atom stereocenters. The van der Waals surface area contributed by atoms with Crippen molar-refractivity contribution in [2.45, 2.75) is 18.2 Å². The monoisotopic (exact) mass is 227 g/mol. The number of sulfonamides is 1. The fourth-order valence-corrected chi connectivity index (χ4v) is 2.69. The summed E-state index contributed by atoms with van der Waals surface area (Å²) in [6.07, 6.45) is 0.783. The van der Waals surface area contributed by atoms with Crippen LogP contribution in [0.3, 0.4) is 0 Å². The largest absolute Gasteiger partial charge is 0.493 e. The molecule has 0 spiro atoms. The van der Waals surface area contributed by atoms with Crippen LogP contribution in [0.5, 0.6) is 5.75 Å². The lowest BCUT2D eigenvalue weighted by atomic mass is 10.2. The van der Waals surface area contributed by atoms with Crippen LogP contribution < -0.4 is 9.46 Å². The third-order valence-electron chi connectivity index (χ3n) is 2.31. The summed E-state index contributed by atoms with van der Waals surface area (Å²) in [5.74, 6) is 0.797. The van der Waals surface area contributed by atoms with Gasteiger partial charge in [0.1, 0.15) is 5.75 Å². The summed E-state index contributed by atoms with van der Waals surface area (Å²) in [6.45, 7) is 2.80. The van der Waals surface area contributed by atoms with E-state index in [0.29, 0.717) is 18.0 Å². The van der Waals surface area contributed by atoms with Crippen LogP contribution in [0.1, 0.15) is 12.5 Å². The van der Waals surface area contributed by atoms with Gasteiger partial charge in [-0.1, -0.05) is 6.92 Å². The van der Waals surface area contributed by atoms with Gasteiger partial charge in [0, 0.05) is 13.0 Å². The van der Waals surface area contributed by atoms with E-state index in [0.717, 1.165) is 17.7 Å². The summed E-state index contributed by atoms with van der Waals surface area (Å²) in [5.41, 5.74) is 0.967. The van der Waals surface area contributed by atoms with Crippen molar-refractivity contribution in [3.05, 3.63) is 23.8 Å². The Hall–Kier alpha value is -1.07. The zero-order valence-electron chi connectivity index (χ0n) is 8.49. The van der Waals surface area contributed by atoms with Crippen LogP contribution in [0.2, 0.25) is 0 Å². The van der Waals surface area contributed by atoms with Crippen molar-refractivity contribution in [3.8, 4) is 5.75 Å². The number of nitrogens with one attached hydrogen (secondary N) is 1. The predicted octanol–water partition coefficient (Wildman–Crippen LogP) is 0.920. The van der Waals surface area contributed by atoms with Gasteiger partial charge in [-0.3, -0.25) is 0 Å². The average Bonchev–Trinajstić information content (AvgIpc) is 2.63. The van der Waals surface area contributed by atoms with E-state index in [1.54, 1.807) is 25.1 Å². The molecule has 1 heterocycles. The van der Waals surface area contributed by atoms with Crippen molar-refractivity contribution in [3.63, 3.8) is 0 Å². The summed E-state index contributed by atoms with van der Waals surface area (Å²) in [4.78, 5) is 0.314. The van der Waals surface area contributed by atoms with Crippen LogP contribution in [0.25, 0.3) is 0 Å². The lowest BCUT2D eigenvalue weighted by Crippen LogP contribution is -2.23. The predicted molar refractivity (Wildman–Crippen MR) is 56.5 cm³/mol. The molecule has 0 bridgehead atoms. The molecule has 1 aliphatic rings. The van der Waals surface area contributed by atoms with Crippen LogP contribution in [-0.4, -0.2) is 21.6 Å².